The molecule has 1 N–H and O–H groups in total. The van der Waals surface area contributed by atoms with Gasteiger partial charge in [-0.15, -0.1) is 0 Å². The van der Waals surface area contributed by atoms with Crippen LogP contribution in [0.4, 0.5) is 11.4 Å². The molecule has 0 atom stereocenters. The summed E-state index contributed by atoms with van der Waals surface area (Å²) in [6, 6.07) is 12.4. The molecule has 0 unspecified atom stereocenters. The number of hydrogen-bond acceptors (Lipinski definition) is 6. The number of para-hydroxylation sites is 1. The molecule has 2 aromatic carbocycles. The maximum atomic E-state index is 12.5. The number of hydrogen-bond donors (Lipinski definition) is 1. The van der Waals surface area contributed by atoms with Crippen molar-refractivity contribution < 1.29 is 13.3 Å². The monoisotopic (exact) mass is 390 g/mol. The van der Waals surface area contributed by atoms with Crippen LogP contribution in [0.3, 0.4) is 0 Å². The van der Waals surface area contributed by atoms with E-state index in [4.69, 9.17) is 0 Å². The summed E-state index contributed by atoms with van der Waals surface area (Å²) in [4.78, 5) is 14.7. The Kier molecular flexibility index (Phi) is 5.73. The van der Waals surface area contributed by atoms with Crippen molar-refractivity contribution in [3.63, 3.8) is 0 Å². The summed E-state index contributed by atoms with van der Waals surface area (Å²) in [7, 11) is -1.94. The van der Waals surface area contributed by atoms with Gasteiger partial charge in [0.1, 0.15) is 0 Å². The Morgan fingerprint density at radius 1 is 1.04 bits per heavy atom. The summed E-state index contributed by atoms with van der Waals surface area (Å²) < 4.78 is 27.5. The molecule has 2 aromatic rings. The molecular weight excluding hydrogens is 368 g/mol. The minimum atomic E-state index is -4.04. The number of nitro benzene ring substituents is 1. The normalized spacial score (nSPS) is 16.2. The first kappa shape index (κ1) is 19.3. The van der Waals surface area contributed by atoms with E-state index in [2.05, 4.69) is 21.6 Å². The van der Waals surface area contributed by atoms with Crippen LogP contribution in [0.15, 0.2) is 53.4 Å². The Hall–Kier alpha value is -2.49. The first-order valence-electron chi connectivity index (χ1n) is 8.61. The molecule has 1 aliphatic rings. The van der Waals surface area contributed by atoms with Crippen molar-refractivity contribution in [3.05, 3.63) is 64.2 Å². The summed E-state index contributed by atoms with van der Waals surface area (Å²) in [5.74, 6) is 0. The van der Waals surface area contributed by atoms with Crippen LogP contribution in [0, 0.1) is 10.1 Å². The highest BCUT2D eigenvalue weighted by Gasteiger charge is 2.25. The topological polar surface area (TPSA) is 95.8 Å². The van der Waals surface area contributed by atoms with Gasteiger partial charge in [0.15, 0.2) is 4.90 Å². The van der Waals surface area contributed by atoms with Crippen molar-refractivity contribution in [1.82, 2.24) is 9.80 Å². The van der Waals surface area contributed by atoms with Crippen LogP contribution in [0.5, 0.6) is 0 Å². The van der Waals surface area contributed by atoms with E-state index in [1.165, 1.54) is 24.3 Å². The van der Waals surface area contributed by atoms with Gasteiger partial charge in [0, 0.05) is 44.5 Å². The average molecular weight is 390 g/mol. The van der Waals surface area contributed by atoms with Crippen molar-refractivity contribution in [2.24, 2.45) is 0 Å². The van der Waals surface area contributed by atoms with E-state index in [1.54, 1.807) is 12.1 Å². The largest absolute Gasteiger partial charge is 0.304 e. The van der Waals surface area contributed by atoms with Crippen LogP contribution in [0.25, 0.3) is 0 Å². The van der Waals surface area contributed by atoms with E-state index in [9.17, 15) is 18.5 Å². The van der Waals surface area contributed by atoms with Crippen molar-refractivity contribution in [2.45, 2.75) is 11.4 Å². The molecule has 0 spiro atoms. The standard InChI is InChI=1S/C18H22N4O4S/c1-20-10-12-21(13-11-20)14-15-6-8-16(9-7-15)19-27(25,26)18-5-3-2-4-17(18)22(23)24/h2-9,19H,10-14H2,1H3. The second-order valence-electron chi connectivity index (χ2n) is 6.61. The van der Waals surface area contributed by atoms with Crippen molar-refractivity contribution in [3.8, 4) is 0 Å². The number of benzene rings is 2. The molecule has 144 valence electrons. The zero-order chi connectivity index (χ0) is 19.4. The van der Waals surface area contributed by atoms with Crippen LogP contribution in [-0.4, -0.2) is 56.4 Å². The molecule has 0 aliphatic carbocycles. The average Bonchev–Trinajstić information content (AvgIpc) is 2.65. The van der Waals surface area contributed by atoms with Gasteiger partial charge in [-0.1, -0.05) is 24.3 Å². The van der Waals surface area contributed by atoms with Crippen LogP contribution in [-0.2, 0) is 16.6 Å². The lowest BCUT2D eigenvalue weighted by molar-refractivity contribution is -0.387. The highest BCUT2D eigenvalue weighted by Crippen LogP contribution is 2.25. The van der Waals surface area contributed by atoms with Crippen molar-refractivity contribution >= 4 is 21.4 Å². The third-order valence-corrected chi connectivity index (χ3v) is 5.99. The van der Waals surface area contributed by atoms with Gasteiger partial charge >= 0.3 is 0 Å². The molecule has 1 aliphatic heterocycles. The van der Waals surface area contributed by atoms with Gasteiger partial charge in [-0.3, -0.25) is 19.7 Å². The zero-order valence-corrected chi connectivity index (χ0v) is 15.9. The first-order valence-corrected chi connectivity index (χ1v) is 10.1. The quantitative estimate of drug-likeness (QED) is 0.600. The Bertz CT molecular complexity index is 907. The van der Waals surface area contributed by atoms with Gasteiger partial charge < -0.3 is 4.90 Å². The summed E-state index contributed by atoms with van der Waals surface area (Å²) in [5, 5.41) is 11.1. The van der Waals surface area contributed by atoms with Gasteiger partial charge in [0.25, 0.3) is 15.7 Å². The fraction of sp³-hybridized carbons (Fsp3) is 0.333. The SMILES string of the molecule is CN1CCN(Cc2ccc(NS(=O)(=O)c3ccccc3[N+](=O)[O-])cc2)CC1. The fourth-order valence-corrected chi connectivity index (χ4v) is 4.22. The van der Waals surface area contributed by atoms with Crippen molar-refractivity contribution in [2.75, 3.05) is 37.9 Å². The van der Waals surface area contributed by atoms with Gasteiger partial charge in [-0.2, -0.15) is 0 Å². The lowest BCUT2D eigenvalue weighted by Crippen LogP contribution is -2.43. The second kappa shape index (κ2) is 8.03. The molecule has 9 heteroatoms. The maximum Gasteiger partial charge on any atom is 0.289 e. The number of sulfonamides is 1. The third kappa shape index (κ3) is 4.82. The third-order valence-electron chi connectivity index (χ3n) is 4.56. The smallest absolute Gasteiger partial charge is 0.289 e. The fourth-order valence-electron chi connectivity index (χ4n) is 2.99. The van der Waals surface area contributed by atoms with Crippen molar-refractivity contribution in [1.29, 1.82) is 0 Å². The second-order valence-corrected chi connectivity index (χ2v) is 8.26. The first-order chi connectivity index (χ1) is 12.8. The zero-order valence-electron chi connectivity index (χ0n) is 15.0. The van der Waals surface area contributed by atoms with Gasteiger partial charge in [-0.25, -0.2) is 8.42 Å². The molecule has 0 radical (unpaired) electrons. The molecule has 8 nitrogen and oxygen atoms in total. The van der Waals surface area contributed by atoms with Gasteiger partial charge in [-0.05, 0) is 30.8 Å². The van der Waals surface area contributed by atoms with E-state index in [1.807, 2.05) is 12.1 Å². The number of nitrogens with one attached hydrogen (secondary N) is 1. The predicted molar refractivity (Wildman–Crippen MR) is 103 cm³/mol. The number of nitro groups is 1. The highest BCUT2D eigenvalue weighted by molar-refractivity contribution is 7.92. The molecule has 27 heavy (non-hydrogen) atoms. The molecule has 1 saturated heterocycles. The van der Waals surface area contributed by atoms with Gasteiger partial charge in [0.05, 0.1) is 4.92 Å². The van der Waals surface area contributed by atoms with Crippen LogP contribution < -0.4 is 4.72 Å². The Morgan fingerprint density at radius 2 is 1.67 bits per heavy atom. The highest BCUT2D eigenvalue weighted by atomic mass is 32.2. The molecule has 0 amide bonds. The molecular formula is C18H22N4O4S. The maximum absolute atomic E-state index is 12.5. The lowest BCUT2D eigenvalue weighted by Gasteiger charge is -2.32. The van der Waals surface area contributed by atoms with Crippen LogP contribution in [0.1, 0.15) is 5.56 Å². The molecule has 1 fully saturated rings. The van der Waals surface area contributed by atoms with E-state index < -0.39 is 20.6 Å². The molecule has 1 heterocycles. The minimum Gasteiger partial charge on any atom is -0.304 e. The lowest BCUT2D eigenvalue weighted by atomic mass is 10.2. The number of anilines is 1. The summed E-state index contributed by atoms with van der Waals surface area (Å²) in [6.07, 6.45) is 0. The predicted octanol–water partition coefficient (Wildman–Crippen LogP) is 2.14. The van der Waals surface area contributed by atoms with E-state index in [-0.39, 0.29) is 4.90 Å². The molecule has 0 bridgehead atoms. The van der Waals surface area contributed by atoms with E-state index in [0.29, 0.717) is 5.69 Å². The van der Waals surface area contributed by atoms with E-state index >= 15 is 0 Å². The van der Waals surface area contributed by atoms with Crippen LogP contribution >= 0.6 is 0 Å². The molecule has 0 aromatic heterocycles. The number of nitrogens with zero attached hydrogens (tertiary/aromatic N) is 3. The Morgan fingerprint density at radius 3 is 2.30 bits per heavy atom. The molecule has 3 rings (SSSR count). The van der Waals surface area contributed by atoms with Gasteiger partial charge in [0.2, 0.25) is 0 Å². The minimum absolute atomic E-state index is 0.350. The summed E-state index contributed by atoms with van der Waals surface area (Å²) in [5.41, 5.74) is 1.01. The summed E-state index contributed by atoms with van der Waals surface area (Å²) in [6.45, 7) is 4.89. The number of piperazine rings is 1. The number of likely N-dealkylation sites (N-methyl/N-ethyl adjacent to an activating group) is 1. The Labute approximate surface area is 158 Å². The number of rotatable bonds is 6. The van der Waals surface area contributed by atoms with Crippen LogP contribution in [0.2, 0.25) is 0 Å². The molecule has 0 saturated carbocycles. The van der Waals surface area contributed by atoms with E-state index in [0.717, 1.165) is 38.3 Å². The Balaban J connectivity index is 1.70. The summed E-state index contributed by atoms with van der Waals surface area (Å²) >= 11 is 0.